The molecule has 0 aliphatic carbocycles. The van der Waals surface area contributed by atoms with Gasteiger partial charge in [-0.3, -0.25) is 14.5 Å². The van der Waals surface area contributed by atoms with Crippen molar-refractivity contribution in [1.82, 2.24) is 4.98 Å². The Labute approximate surface area is 180 Å². The van der Waals surface area contributed by atoms with Crippen LogP contribution in [0.1, 0.15) is 58.7 Å². The fourth-order valence-electron chi connectivity index (χ4n) is 4.20. The summed E-state index contributed by atoms with van der Waals surface area (Å²) in [5.41, 5.74) is 3.43. The van der Waals surface area contributed by atoms with Crippen molar-refractivity contribution in [3.63, 3.8) is 0 Å². The van der Waals surface area contributed by atoms with Gasteiger partial charge in [0.05, 0.1) is 17.0 Å². The molecule has 0 radical (unpaired) electrons. The number of para-hydroxylation sites is 1. The van der Waals surface area contributed by atoms with Crippen LogP contribution in [0.5, 0.6) is 0 Å². The van der Waals surface area contributed by atoms with Gasteiger partial charge in [-0.1, -0.05) is 56.3 Å². The van der Waals surface area contributed by atoms with Crippen molar-refractivity contribution in [3.05, 3.63) is 105 Å². The van der Waals surface area contributed by atoms with Crippen molar-refractivity contribution in [2.75, 3.05) is 4.90 Å². The topological polar surface area (TPSA) is 63.4 Å². The van der Waals surface area contributed by atoms with Gasteiger partial charge in [-0.15, -0.1) is 0 Å². The fourth-order valence-corrected chi connectivity index (χ4v) is 4.20. The van der Waals surface area contributed by atoms with Crippen LogP contribution in [0.2, 0.25) is 0 Å². The Morgan fingerprint density at radius 2 is 1.68 bits per heavy atom. The minimum atomic E-state index is -0.598. The number of rotatable bonds is 3. The average Bonchev–Trinajstić information content (AvgIpc) is 3.06. The molecule has 0 N–H and O–H groups in total. The number of amides is 1. The summed E-state index contributed by atoms with van der Waals surface area (Å²) >= 11 is 0. The zero-order chi connectivity index (χ0) is 21.7. The van der Waals surface area contributed by atoms with Gasteiger partial charge in [-0.2, -0.15) is 0 Å². The molecule has 1 aliphatic heterocycles. The lowest BCUT2D eigenvalue weighted by Crippen LogP contribution is -2.30. The molecule has 0 bridgehead atoms. The zero-order valence-corrected chi connectivity index (χ0v) is 17.6. The van der Waals surface area contributed by atoms with Crippen LogP contribution in [0.4, 0.5) is 5.82 Å². The summed E-state index contributed by atoms with van der Waals surface area (Å²) in [5, 5.41) is 0.469. The van der Waals surface area contributed by atoms with Crippen molar-refractivity contribution < 1.29 is 9.21 Å². The second kappa shape index (κ2) is 7.20. The highest BCUT2D eigenvalue weighted by atomic mass is 16.3. The summed E-state index contributed by atoms with van der Waals surface area (Å²) in [6, 6.07) is 20.0. The predicted molar refractivity (Wildman–Crippen MR) is 121 cm³/mol. The highest BCUT2D eigenvalue weighted by Crippen LogP contribution is 2.40. The number of pyridine rings is 1. The monoisotopic (exact) mass is 410 g/mol. The van der Waals surface area contributed by atoms with Crippen molar-refractivity contribution in [3.8, 4) is 0 Å². The van der Waals surface area contributed by atoms with E-state index in [0.29, 0.717) is 28.3 Å². The molecule has 3 heterocycles. The van der Waals surface area contributed by atoms with E-state index in [4.69, 9.17) is 4.42 Å². The van der Waals surface area contributed by atoms with Crippen LogP contribution in [0, 0.1) is 6.92 Å². The Balaban J connectivity index is 1.78. The van der Waals surface area contributed by atoms with Gasteiger partial charge in [-0.25, -0.2) is 4.98 Å². The van der Waals surface area contributed by atoms with Crippen LogP contribution in [-0.2, 0) is 0 Å². The number of carbonyl (C=O) groups excluding carboxylic acids is 1. The highest BCUT2D eigenvalue weighted by molar-refractivity contribution is 6.10. The molecular weight excluding hydrogens is 388 g/mol. The van der Waals surface area contributed by atoms with Crippen LogP contribution >= 0.6 is 0 Å². The molecule has 2 aromatic carbocycles. The van der Waals surface area contributed by atoms with Crippen molar-refractivity contribution in [1.29, 1.82) is 0 Å². The maximum atomic E-state index is 13.5. The predicted octanol–water partition coefficient (Wildman–Crippen LogP) is 5.37. The molecular formula is C26H22N2O3. The van der Waals surface area contributed by atoms with Crippen molar-refractivity contribution in [2.45, 2.75) is 32.7 Å². The van der Waals surface area contributed by atoms with E-state index in [9.17, 15) is 9.59 Å². The number of hydrogen-bond acceptors (Lipinski definition) is 4. The summed E-state index contributed by atoms with van der Waals surface area (Å²) in [5.74, 6) is 0.617. The molecule has 1 amide bonds. The first-order valence-electron chi connectivity index (χ1n) is 10.4. The average molecular weight is 410 g/mol. The quantitative estimate of drug-likeness (QED) is 0.455. The van der Waals surface area contributed by atoms with Gasteiger partial charge >= 0.3 is 0 Å². The van der Waals surface area contributed by atoms with E-state index in [1.54, 1.807) is 35.2 Å². The molecule has 0 fully saturated rings. The van der Waals surface area contributed by atoms with E-state index in [1.807, 2.05) is 43.3 Å². The van der Waals surface area contributed by atoms with Gasteiger partial charge in [-0.05, 0) is 48.2 Å². The molecule has 4 aromatic rings. The van der Waals surface area contributed by atoms with Crippen LogP contribution < -0.4 is 10.3 Å². The van der Waals surface area contributed by atoms with Crippen LogP contribution in [0.25, 0.3) is 11.0 Å². The number of anilines is 1. The smallest absolute Gasteiger partial charge is 0.296 e. The van der Waals surface area contributed by atoms with E-state index in [1.165, 1.54) is 5.56 Å². The van der Waals surface area contributed by atoms with Gasteiger partial charge < -0.3 is 4.42 Å². The summed E-state index contributed by atoms with van der Waals surface area (Å²) < 4.78 is 5.97. The largest absolute Gasteiger partial charge is 0.450 e. The first-order chi connectivity index (χ1) is 15.0. The van der Waals surface area contributed by atoms with E-state index >= 15 is 0 Å². The Bertz CT molecular complexity index is 1370. The summed E-state index contributed by atoms with van der Waals surface area (Å²) in [6.45, 7) is 6.14. The molecule has 1 atom stereocenters. The maximum Gasteiger partial charge on any atom is 0.296 e. The number of aryl methyl sites for hydroxylation is 1. The minimum Gasteiger partial charge on any atom is -0.450 e. The van der Waals surface area contributed by atoms with Gasteiger partial charge in [0.15, 0.2) is 5.43 Å². The molecule has 0 spiro atoms. The third-order valence-corrected chi connectivity index (χ3v) is 5.82. The minimum absolute atomic E-state index is 0.0879. The summed E-state index contributed by atoms with van der Waals surface area (Å²) in [4.78, 5) is 33.2. The maximum absolute atomic E-state index is 13.5. The molecule has 2 aromatic heterocycles. The SMILES string of the molecule is Cc1cccc(N2C(=O)c3oc4ccccc4c(=O)c3[C@@H]2c2ccc(C(C)C)cc2)n1. The first kappa shape index (κ1) is 19.2. The second-order valence-corrected chi connectivity index (χ2v) is 8.21. The number of fused-ring (bicyclic) bond motifs is 2. The lowest BCUT2D eigenvalue weighted by molar-refractivity contribution is 0.0970. The summed E-state index contributed by atoms with van der Waals surface area (Å²) in [6.07, 6.45) is 0. The van der Waals surface area contributed by atoms with Crippen LogP contribution in [0.15, 0.2) is 75.9 Å². The van der Waals surface area contributed by atoms with Gasteiger partial charge in [0.1, 0.15) is 11.4 Å². The molecule has 5 rings (SSSR count). The summed E-state index contributed by atoms with van der Waals surface area (Å²) in [7, 11) is 0. The van der Waals surface area contributed by atoms with Crippen LogP contribution in [0.3, 0.4) is 0 Å². The van der Waals surface area contributed by atoms with Gasteiger partial charge in [0, 0.05) is 5.69 Å². The van der Waals surface area contributed by atoms with E-state index < -0.39 is 6.04 Å². The van der Waals surface area contributed by atoms with Crippen molar-refractivity contribution >= 4 is 22.7 Å². The Morgan fingerprint density at radius 3 is 2.39 bits per heavy atom. The van der Waals surface area contributed by atoms with Crippen molar-refractivity contribution in [2.24, 2.45) is 0 Å². The molecule has 154 valence electrons. The van der Waals surface area contributed by atoms with Gasteiger partial charge in [0.2, 0.25) is 5.76 Å². The Morgan fingerprint density at radius 1 is 0.935 bits per heavy atom. The third kappa shape index (κ3) is 3.05. The Kier molecular flexibility index (Phi) is 4.47. The standard InChI is InChI=1S/C26H22N2O3/c1-15(2)17-11-13-18(14-12-17)23-22-24(29)19-8-4-5-9-20(19)31-25(22)26(30)28(23)21-10-6-7-16(3)27-21/h4-15,23H,1-3H3/t23-/m0/s1. The van der Waals surface area contributed by atoms with E-state index in [2.05, 4.69) is 18.8 Å². The second-order valence-electron chi connectivity index (χ2n) is 8.21. The number of aromatic nitrogens is 1. The molecule has 1 aliphatic rings. The molecule has 0 saturated heterocycles. The number of nitrogens with zero attached hydrogens (tertiary/aromatic N) is 2. The highest BCUT2D eigenvalue weighted by Gasteiger charge is 2.44. The molecule has 31 heavy (non-hydrogen) atoms. The normalized spacial score (nSPS) is 15.7. The number of benzene rings is 2. The molecule has 0 saturated carbocycles. The molecule has 5 heteroatoms. The fraction of sp³-hybridized carbons (Fsp3) is 0.192. The van der Waals surface area contributed by atoms with Crippen LogP contribution in [-0.4, -0.2) is 10.9 Å². The number of hydrogen-bond donors (Lipinski definition) is 0. The zero-order valence-electron chi connectivity index (χ0n) is 17.6. The van der Waals surface area contributed by atoms with E-state index in [-0.39, 0.29) is 17.1 Å². The van der Waals surface area contributed by atoms with Gasteiger partial charge in [0.25, 0.3) is 5.91 Å². The number of carbonyl (C=O) groups is 1. The lowest BCUT2D eigenvalue weighted by Gasteiger charge is -2.24. The first-order valence-corrected chi connectivity index (χ1v) is 10.4. The Hall–Kier alpha value is -3.73. The lowest BCUT2D eigenvalue weighted by atomic mass is 9.95. The third-order valence-electron chi connectivity index (χ3n) is 5.82. The molecule has 0 unspecified atom stereocenters. The molecule has 5 nitrogen and oxygen atoms in total. The van der Waals surface area contributed by atoms with E-state index in [0.717, 1.165) is 11.3 Å².